The second-order valence-corrected chi connectivity index (χ2v) is 7.85. The van der Waals surface area contributed by atoms with Crippen LogP contribution in [0.4, 0.5) is 0 Å². The molecule has 1 saturated heterocycles. The van der Waals surface area contributed by atoms with Crippen molar-refractivity contribution in [3.63, 3.8) is 0 Å². The number of aryl methyl sites for hydroxylation is 1. The van der Waals surface area contributed by atoms with Crippen molar-refractivity contribution < 1.29 is 9.31 Å². The van der Waals surface area contributed by atoms with E-state index < -0.39 is 0 Å². The van der Waals surface area contributed by atoms with E-state index in [1.165, 1.54) is 36.0 Å². The summed E-state index contributed by atoms with van der Waals surface area (Å²) in [5.74, 6) is 0. The van der Waals surface area contributed by atoms with Gasteiger partial charge in [0.05, 0.1) is 11.2 Å². The van der Waals surface area contributed by atoms with E-state index >= 15 is 0 Å². The molecule has 0 radical (unpaired) electrons. The summed E-state index contributed by atoms with van der Waals surface area (Å²) < 4.78 is 14.1. The number of hydrogen-bond acceptors (Lipinski definition) is 3. The van der Waals surface area contributed by atoms with Crippen molar-refractivity contribution in [1.29, 1.82) is 0 Å². The van der Waals surface area contributed by atoms with Crippen LogP contribution in [0.25, 0.3) is 0 Å². The van der Waals surface area contributed by atoms with E-state index in [2.05, 4.69) is 46.1 Å². The Kier molecular flexibility index (Phi) is 6.15. The Morgan fingerprint density at radius 2 is 1.77 bits per heavy atom. The van der Waals surface area contributed by atoms with Crippen LogP contribution in [0.2, 0.25) is 0 Å². The predicted octanol–water partition coefficient (Wildman–Crippen LogP) is 4.95. The van der Waals surface area contributed by atoms with Crippen LogP contribution in [-0.2, 0) is 15.7 Å². The number of rotatable bonds is 8. The molecule has 0 bridgehead atoms. The van der Waals surface area contributed by atoms with Crippen LogP contribution in [0.15, 0.2) is 11.4 Å². The molecule has 0 aliphatic carbocycles. The summed E-state index contributed by atoms with van der Waals surface area (Å²) in [6, 6.07) is 2.25. The monoisotopic (exact) mass is 322 g/mol. The van der Waals surface area contributed by atoms with Crippen LogP contribution < -0.4 is 4.78 Å². The van der Waals surface area contributed by atoms with Crippen LogP contribution in [0, 0.1) is 0 Å². The maximum atomic E-state index is 6.46. The third kappa shape index (κ3) is 3.44. The van der Waals surface area contributed by atoms with Crippen LogP contribution in [-0.4, -0.2) is 18.3 Å². The smallest absolute Gasteiger partial charge is 0.399 e. The largest absolute Gasteiger partial charge is 0.505 e. The van der Waals surface area contributed by atoms with Crippen molar-refractivity contribution in [3.05, 3.63) is 17.0 Å². The fourth-order valence-corrected chi connectivity index (χ4v) is 4.53. The normalized spacial score (nSPS) is 19.8. The van der Waals surface area contributed by atoms with Gasteiger partial charge in [0.2, 0.25) is 0 Å². The standard InChI is InChI=1S/C18H31BO2S/c1-6-9-10-11-12-15-13-14-22-16(15)19-20-17(4,5)18(7-2,8-3)21-19/h13-14H,6-12H2,1-5H3. The highest BCUT2D eigenvalue weighted by Crippen LogP contribution is 2.42. The van der Waals surface area contributed by atoms with Crippen molar-refractivity contribution >= 4 is 23.2 Å². The molecule has 0 unspecified atom stereocenters. The second kappa shape index (κ2) is 7.50. The van der Waals surface area contributed by atoms with Gasteiger partial charge in [-0.2, -0.15) is 11.3 Å². The zero-order valence-electron chi connectivity index (χ0n) is 14.9. The third-order valence-electron chi connectivity index (χ3n) is 5.27. The van der Waals surface area contributed by atoms with Crippen molar-refractivity contribution in [2.45, 2.75) is 90.8 Å². The molecule has 0 saturated carbocycles. The molecule has 124 valence electrons. The molecule has 1 aromatic rings. The molecule has 1 aromatic heterocycles. The van der Waals surface area contributed by atoms with Gasteiger partial charge in [0.25, 0.3) is 0 Å². The van der Waals surface area contributed by atoms with Gasteiger partial charge in [-0.05, 0) is 56.5 Å². The van der Waals surface area contributed by atoms with E-state index in [0.29, 0.717) is 0 Å². The molecule has 2 rings (SSSR count). The molecule has 1 aliphatic heterocycles. The summed E-state index contributed by atoms with van der Waals surface area (Å²) in [7, 11) is -0.184. The molecular formula is C18H31BO2S. The second-order valence-electron chi connectivity index (χ2n) is 6.90. The zero-order valence-corrected chi connectivity index (χ0v) is 15.7. The average Bonchev–Trinajstić information content (AvgIpc) is 3.05. The lowest BCUT2D eigenvalue weighted by atomic mass is 9.81. The van der Waals surface area contributed by atoms with Gasteiger partial charge in [0.15, 0.2) is 0 Å². The molecule has 0 spiro atoms. The fourth-order valence-electron chi connectivity index (χ4n) is 3.62. The first kappa shape index (κ1) is 18.0. The van der Waals surface area contributed by atoms with Crippen molar-refractivity contribution in [2.75, 3.05) is 0 Å². The van der Waals surface area contributed by atoms with Gasteiger partial charge in [-0.3, -0.25) is 0 Å². The molecule has 1 aliphatic rings. The molecule has 0 amide bonds. The van der Waals surface area contributed by atoms with Crippen LogP contribution >= 0.6 is 11.3 Å². The van der Waals surface area contributed by atoms with E-state index in [1.54, 1.807) is 11.3 Å². The van der Waals surface area contributed by atoms with E-state index in [0.717, 1.165) is 19.3 Å². The Hall–Kier alpha value is -0.315. The predicted molar refractivity (Wildman–Crippen MR) is 97.1 cm³/mol. The molecule has 1 fully saturated rings. The highest BCUT2D eigenvalue weighted by Gasteiger charge is 2.55. The average molecular weight is 322 g/mol. The SMILES string of the molecule is CCCCCCc1ccsc1B1OC(C)(C)C(CC)(CC)O1. The van der Waals surface area contributed by atoms with Gasteiger partial charge >= 0.3 is 7.12 Å². The van der Waals surface area contributed by atoms with E-state index in [1.807, 2.05) is 0 Å². The fraction of sp³-hybridized carbons (Fsp3) is 0.778. The molecule has 2 heterocycles. The molecule has 22 heavy (non-hydrogen) atoms. The summed E-state index contributed by atoms with van der Waals surface area (Å²) in [6.45, 7) is 11.0. The Balaban J connectivity index is 2.09. The van der Waals surface area contributed by atoms with Gasteiger partial charge in [0, 0.05) is 4.78 Å². The van der Waals surface area contributed by atoms with Crippen LogP contribution in [0.1, 0.15) is 78.7 Å². The third-order valence-corrected chi connectivity index (χ3v) is 6.25. The highest BCUT2D eigenvalue weighted by molar-refractivity contribution is 7.21. The first-order valence-corrected chi connectivity index (χ1v) is 9.79. The number of hydrogen-bond donors (Lipinski definition) is 0. The summed E-state index contributed by atoms with van der Waals surface area (Å²) in [6.07, 6.45) is 8.33. The molecule has 4 heteroatoms. The lowest BCUT2D eigenvalue weighted by molar-refractivity contribution is -0.0296. The van der Waals surface area contributed by atoms with Gasteiger partial charge < -0.3 is 9.31 Å². The summed E-state index contributed by atoms with van der Waals surface area (Å²) in [5.41, 5.74) is 1.02. The number of thiophene rings is 1. The van der Waals surface area contributed by atoms with Gasteiger partial charge in [-0.1, -0.05) is 40.0 Å². The van der Waals surface area contributed by atoms with Crippen LogP contribution in [0.5, 0.6) is 0 Å². The first-order chi connectivity index (χ1) is 10.5. The lowest BCUT2D eigenvalue weighted by Gasteiger charge is -2.38. The van der Waals surface area contributed by atoms with Crippen LogP contribution in [0.3, 0.4) is 0 Å². The molecule has 0 N–H and O–H groups in total. The van der Waals surface area contributed by atoms with Gasteiger partial charge in [-0.15, -0.1) is 0 Å². The van der Waals surface area contributed by atoms with E-state index in [4.69, 9.17) is 9.31 Å². The number of unbranched alkanes of at least 4 members (excludes halogenated alkanes) is 3. The molecular weight excluding hydrogens is 291 g/mol. The first-order valence-electron chi connectivity index (χ1n) is 8.91. The van der Waals surface area contributed by atoms with Crippen molar-refractivity contribution in [3.8, 4) is 0 Å². The van der Waals surface area contributed by atoms with Gasteiger partial charge in [0.1, 0.15) is 0 Å². The minimum Gasteiger partial charge on any atom is -0.399 e. The van der Waals surface area contributed by atoms with E-state index in [9.17, 15) is 0 Å². The minimum absolute atomic E-state index is 0.166. The maximum Gasteiger partial charge on any atom is 0.505 e. The Labute approximate surface area is 140 Å². The summed E-state index contributed by atoms with van der Waals surface area (Å²) >= 11 is 1.78. The molecule has 0 aromatic carbocycles. The summed E-state index contributed by atoms with van der Waals surface area (Å²) in [4.78, 5) is 0. The highest BCUT2D eigenvalue weighted by atomic mass is 32.1. The summed E-state index contributed by atoms with van der Waals surface area (Å²) in [5, 5.41) is 2.18. The Bertz CT molecular complexity index is 465. The topological polar surface area (TPSA) is 18.5 Å². The molecule has 0 atom stereocenters. The Morgan fingerprint density at radius 3 is 2.36 bits per heavy atom. The Morgan fingerprint density at radius 1 is 1.05 bits per heavy atom. The molecule has 2 nitrogen and oxygen atoms in total. The van der Waals surface area contributed by atoms with Gasteiger partial charge in [-0.25, -0.2) is 0 Å². The van der Waals surface area contributed by atoms with Crippen molar-refractivity contribution in [2.24, 2.45) is 0 Å². The maximum absolute atomic E-state index is 6.46. The zero-order chi connectivity index (χ0) is 16.2. The van der Waals surface area contributed by atoms with E-state index in [-0.39, 0.29) is 18.3 Å². The lowest BCUT2D eigenvalue weighted by Crippen LogP contribution is -2.46. The minimum atomic E-state index is -0.232. The quantitative estimate of drug-likeness (QED) is 0.498. The van der Waals surface area contributed by atoms with Crippen molar-refractivity contribution in [1.82, 2.24) is 0 Å².